The van der Waals surface area contributed by atoms with Gasteiger partial charge in [-0.15, -0.1) is 0 Å². The molecule has 2 rings (SSSR count). The molecule has 0 aliphatic carbocycles. The molecular weight excluding hydrogens is 304 g/mol. The summed E-state index contributed by atoms with van der Waals surface area (Å²) in [7, 11) is 4.34. The highest BCUT2D eigenvalue weighted by Crippen LogP contribution is 2.24. The molecule has 0 unspecified atom stereocenters. The number of halogens is 1. The van der Waals surface area contributed by atoms with E-state index < -0.39 is 0 Å². The van der Waals surface area contributed by atoms with Crippen LogP contribution in [-0.4, -0.2) is 48.1 Å². The molecule has 1 aromatic heterocycles. The van der Waals surface area contributed by atoms with E-state index in [1.165, 1.54) is 12.8 Å². The second kappa shape index (κ2) is 6.18. The summed E-state index contributed by atoms with van der Waals surface area (Å²) in [4.78, 5) is 13.8. The molecule has 1 saturated heterocycles. The highest BCUT2D eigenvalue weighted by molar-refractivity contribution is 9.10. The van der Waals surface area contributed by atoms with E-state index in [2.05, 4.69) is 58.7 Å². The van der Waals surface area contributed by atoms with Crippen molar-refractivity contribution in [1.29, 1.82) is 0 Å². The molecule has 106 valence electrons. The van der Waals surface area contributed by atoms with E-state index in [0.717, 1.165) is 29.3 Å². The van der Waals surface area contributed by atoms with Gasteiger partial charge in [0.15, 0.2) is 0 Å². The maximum Gasteiger partial charge on any atom is 0.134 e. The molecule has 1 fully saturated rings. The van der Waals surface area contributed by atoms with Crippen molar-refractivity contribution in [3.8, 4) is 0 Å². The van der Waals surface area contributed by atoms with Crippen LogP contribution in [0, 0.1) is 0 Å². The Bertz CT molecular complexity index is 427. The molecule has 2 heterocycles. The van der Waals surface area contributed by atoms with Crippen molar-refractivity contribution < 1.29 is 0 Å². The summed E-state index contributed by atoms with van der Waals surface area (Å²) in [6, 6.07) is 2.60. The Morgan fingerprint density at radius 3 is 2.53 bits per heavy atom. The van der Waals surface area contributed by atoms with E-state index in [0.29, 0.717) is 12.0 Å². The molecule has 0 N–H and O–H groups in total. The molecule has 0 amide bonds. The Kier molecular flexibility index (Phi) is 4.79. The first kappa shape index (κ1) is 14.7. The highest BCUT2D eigenvalue weighted by atomic mass is 79.9. The maximum absolute atomic E-state index is 4.70. The molecule has 1 aromatic rings. The van der Waals surface area contributed by atoms with Crippen molar-refractivity contribution in [1.82, 2.24) is 14.9 Å². The zero-order chi connectivity index (χ0) is 14.0. The molecule has 0 atom stereocenters. The smallest absolute Gasteiger partial charge is 0.134 e. The highest BCUT2D eigenvalue weighted by Gasteiger charge is 2.22. The molecule has 0 radical (unpaired) electrons. The van der Waals surface area contributed by atoms with Crippen LogP contribution in [0.5, 0.6) is 0 Å². The first-order valence-electron chi connectivity index (χ1n) is 6.93. The number of piperidine rings is 1. The fraction of sp³-hybridized carbons (Fsp3) is 0.714. The second-order valence-electron chi connectivity index (χ2n) is 5.71. The molecule has 0 saturated carbocycles. The van der Waals surface area contributed by atoms with Crippen molar-refractivity contribution in [2.75, 3.05) is 32.1 Å². The number of likely N-dealkylation sites (tertiary alicyclic amines) is 1. The van der Waals surface area contributed by atoms with Gasteiger partial charge < -0.3 is 9.80 Å². The fourth-order valence-electron chi connectivity index (χ4n) is 2.43. The molecule has 19 heavy (non-hydrogen) atoms. The predicted octanol–water partition coefficient (Wildman–Crippen LogP) is 2.89. The number of hydrogen-bond donors (Lipinski definition) is 0. The number of nitrogens with zero attached hydrogens (tertiary/aromatic N) is 4. The topological polar surface area (TPSA) is 32.3 Å². The third-order valence-electron chi connectivity index (χ3n) is 3.81. The Morgan fingerprint density at radius 1 is 1.32 bits per heavy atom. The zero-order valence-electron chi connectivity index (χ0n) is 12.2. The second-order valence-corrected chi connectivity index (χ2v) is 6.52. The summed E-state index contributed by atoms with van der Waals surface area (Å²) in [6.45, 7) is 6.58. The van der Waals surface area contributed by atoms with Gasteiger partial charge in [-0.1, -0.05) is 13.8 Å². The van der Waals surface area contributed by atoms with Gasteiger partial charge in [-0.2, -0.15) is 0 Å². The third-order valence-corrected chi connectivity index (χ3v) is 4.22. The van der Waals surface area contributed by atoms with Gasteiger partial charge in [0.25, 0.3) is 0 Å². The lowest BCUT2D eigenvalue weighted by molar-refractivity contribution is 0.252. The summed E-state index contributed by atoms with van der Waals surface area (Å²) in [6.07, 6.45) is 2.40. The maximum atomic E-state index is 4.70. The standard InChI is InChI=1S/C14H23BrN4/c1-10(2)14-16-12(15)9-13(17-14)19(4)11-5-7-18(3)8-6-11/h9-11H,5-8H2,1-4H3. The van der Waals surface area contributed by atoms with Crippen LogP contribution in [0.25, 0.3) is 0 Å². The predicted molar refractivity (Wildman–Crippen MR) is 82.7 cm³/mol. The van der Waals surface area contributed by atoms with Crippen molar-refractivity contribution in [2.45, 2.75) is 38.6 Å². The van der Waals surface area contributed by atoms with Crippen LogP contribution in [0.15, 0.2) is 10.7 Å². The van der Waals surface area contributed by atoms with E-state index in [4.69, 9.17) is 4.98 Å². The summed E-state index contributed by atoms with van der Waals surface area (Å²) in [5, 5.41) is 0. The summed E-state index contributed by atoms with van der Waals surface area (Å²) in [5.74, 6) is 2.28. The van der Waals surface area contributed by atoms with Gasteiger partial charge in [0.05, 0.1) is 0 Å². The normalized spacial score (nSPS) is 18.0. The zero-order valence-corrected chi connectivity index (χ0v) is 13.8. The van der Waals surface area contributed by atoms with E-state index in [1.807, 2.05) is 6.07 Å². The Labute approximate surface area is 124 Å². The van der Waals surface area contributed by atoms with Gasteiger partial charge in [0.2, 0.25) is 0 Å². The Hall–Kier alpha value is -0.680. The number of rotatable bonds is 3. The molecule has 0 spiro atoms. The molecular formula is C14H23BrN4. The van der Waals surface area contributed by atoms with Crippen molar-refractivity contribution in [3.63, 3.8) is 0 Å². The molecule has 1 aliphatic rings. The minimum Gasteiger partial charge on any atom is -0.356 e. The molecule has 4 nitrogen and oxygen atoms in total. The summed E-state index contributed by atoms with van der Waals surface area (Å²) >= 11 is 3.50. The van der Waals surface area contributed by atoms with E-state index in [-0.39, 0.29) is 0 Å². The van der Waals surface area contributed by atoms with Crippen molar-refractivity contribution >= 4 is 21.7 Å². The Morgan fingerprint density at radius 2 is 1.95 bits per heavy atom. The van der Waals surface area contributed by atoms with Gasteiger partial charge in [-0.05, 0) is 48.9 Å². The van der Waals surface area contributed by atoms with Crippen LogP contribution >= 0.6 is 15.9 Å². The van der Waals surface area contributed by atoms with Gasteiger partial charge in [0, 0.05) is 25.1 Å². The van der Waals surface area contributed by atoms with Crippen LogP contribution in [0.4, 0.5) is 5.82 Å². The quantitative estimate of drug-likeness (QED) is 0.799. The monoisotopic (exact) mass is 326 g/mol. The largest absolute Gasteiger partial charge is 0.356 e. The van der Waals surface area contributed by atoms with E-state index in [9.17, 15) is 0 Å². The van der Waals surface area contributed by atoms with Gasteiger partial charge in [0.1, 0.15) is 16.2 Å². The van der Waals surface area contributed by atoms with E-state index >= 15 is 0 Å². The van der Waals surface area contributed by atoms with Gasteiger partial charge in [-0.25, -0.2) is 9.97 Å². The lowest BCUT2D eigenvalue weighted by Gasteiger charge is -2.35. The third kappa shape index (κ3) is 3.66. The van der Waals surface area contributed by atoms with Crippen molar-refractivity contribution in [2.24, 2.45) is 0 Å². The van der Waals surface area contributed by atoms with Gasteiger partial charge in [-0.3, -0.25) is 0 Å². The Balaban J connectivity index is 2.16. The van der Waals surface area contributed by atoms with Crippen LogP contribution in [0.3, 0.4) is 0 Å². The van der Waals surface area contributed by atoms with Crippen LogP contribution < -0.4 is 4.90 Å². The summed E-state index contributed by atoms with van der Waals surface area (Å²) in [5.41, 5.74) is 0. The summed E-state index contributed by atoms with van der Waals surface area (Å²) < 4.78 is 0.876. The fourth-order valence-corrected chi connectivity index (χ4v) is 2.82. The van der Waals surface area contributed by atoms with Crippen molar-refractivity contribution in [3.05, 3.63) is 16.5 Å². The number of anilines is 1. The molecule has 1 aliphatic heterocycles. The van der Waals surface area contributed by atoms with Crippen LogP contribution in [-0.2, 0) is 0 Å². The van der Waals surface area contributed by atoms with E-state index in [1.54, 1.807) is 0 Å². The first-order valence-corrected chi connectivity index (χ1v) is 7.72. The number of hydrogen-bond acceptors (Lipinski definition) is 4. The SMILES string of the molecule is CC(C)c1nc(Br)cc(N(C)C2CCN(C)CC2)n1. The average molecular weight is 327 g/mol. The number of aromatic nitrogens is 2. The van der Waals surface area contributed by atoms with Gasteiger partial charge >= 0.3 is 0 Å². The van der Waals surface area contributed by atoms with Crippen LogP contribution in [0.1, 0.15) is 38.4 Å². The minimum absolute atomic E-state index is 0.349. The minimum atomic E-state index is 0.349. The van der Waals surface area contributed by atoms with Crippen LogP contribution in [0.2, 0.25) is 0 Å². The molecule has 0 bridgehead atoms. The lowest BCUT2D eigenvalue weighted by atomic mass is 10.0. The lowest BCUT2D eigenvalue weighted by Crippen LogP contribution is -2.42. The first-order chi connectivity index (χ1) is 8.97. The molecule has 5 heteroatoms. The average Bonchev–Trinajstić information content (AvgIpc) is 2.38. The molecule has 0 aromatic carbocycles.